The third kappa shape index (κ3) is 4.40. The van der Waals surface area contributed by atoms with Crippen LogP contribution in [0.25, 0.3) is 10.9 Å². The summed E-state index contributed by atoms with van der Waals surface area (Å²) in [5, 5.41) is 3.01. The summed E-state index contributed by atoms with van der Waals surface area (Å²) < 4.78 is 1.10. The van der Waals surface area contributed by atoms with E-state index < -0.39 is 11.2 Å². The molecule has 0 fully saturated rings. The van der Waals surface area contributed by atoms with Crippen LogP contribution in [0, 0.1) is 0 Å². The Bertz CT molecular complexity index is 1200. The average Bonchev–Trinajstić information content (AvgIpc) is 2.69. The normalized spacial score (nSPS) is 10.7. The van der Waals surface area contributed by atoms with Crippen molar-refractivity contribution in [2.24, 2.45) is 0 Å². The van der Waals surface area contributed by atoms with Crippen molar-refractivity contribution in [3.63, 3.8) is 0 Å². The van der Waals surface area contributed by atoms with Crippen LogP contribution in [0.3, 0.4) is 0 Å². The Hall–Kier alpha value is -3.33. The van der Waals surface area contributed by atoms with Crippen LogP contribution in [0.1, 0.15) is 17.3 Å². The molecular formula is C20H20N4O4S. The molecule has 1 aromatic heterocycles. The lowest BCUT2D eigenvalue weighted by Crippen LogP contribution is -2.34. The van der Waals surface area contributed by atoms with Crippen LogP contribution >= 0.6 is 11.8 Å². The fourth-order valence-electron chi connectivity index (χ4n) is 2.68. The van der Waals surface area contributed by atoms with Crippen molar-refractivity contribution in [1.29, 1.82) is 0 Å². The van der Waals surface area contributed by atoms with Crippen LogP contribution < -0.4 is 16.6 Å². The smallest absolute Gasteiger partial charge is 0.328 e. The van der Waals surface area contributed by atoms with Gasteiger partial charge < -0.3 is 15.2 Å². The Morgan fingerprint density at radius 1 is 1.10 bits per heavy atom. The molecule has 0 radical (unpaired) electrons. The minimum Gasteiger partial charge on any atom is -0.339 e. The van der Waals surface area contributed by atoms with E-state index in [0.717, 1.165) is 21.2 Å². The third-order valence-electron chi connectivity index (χ3n) is 4.24. The quantitative estimate of drug-likeness (QED) is 0.641. The molecule has 2 amide bonds. The topological polar surface area (TPSA) is 104 Å². The number of hydrogen-bond acceptors (Lipinski definition) is 5. The van der Waals surface area contributed by atoms with Gasteiger partial charge >= 0.3 is 5.69 Å². The second-order valence-corrected chi connectivity index (χ2v) is 7.51. The van der Waals surface area contributed by atoms with Crippen molar-refractivity contribution >= 4 is 39.5 Å². The van der Waals surface area contributed by atoms with Crippen molar-refractivity contribution in [1.82, 2.24) is 14.5 Å². The molecule has 0 aliphatic carbocycles. The van der Waals surface area contributed by atoms with E-state index >= 15 is 0 Å². The predicted octanol–water partition coefficient (Wildman–Crippen LogP) is 2.74. The summed E-state index contributed by atoms with van der Waals surface area (Å²) >= 11 is 1.09. The molecule has 0 saturated carbocycles. The zero-order valence-corrected chi connectivity index (χ0v) is 17.0. The first kappa shape index (κ1) is 20.4. The molecule has 2 N–H and O–H groups in total. The first-order chi connectivity index (χ1) is 13.8. The molecule has 2 aromatic carbocycles. The first-order valence-electron chi connectivity index (χ1n) is 8.87. The van der Waals surface area contributed by atoms with Crippen molar-refractivity contribution in [2.75, 3.05) is 19.4 Å². The van der Waals surface area contributed by atoms with Crippen LogP contribution in [-0.2, 0) is 6.54 Å². The van der Waals surface area contributed by atoms with E-state index in [1.54, 1.807) is 45.3 Å². The largest absolute Gasteiger partial charge is 0.339 e. The number of rotatable bonds is 4. The van der Waals surface area contributed by atoms with Gasteiger partial charge in [0.2, 0.25) is 0 Å². The number of H-pyrrole nitrogens is 1. The number of nitrogens with zero attached hydrogens (tertiary/aromatic N) is 2. The Morgan fingerprint density at radius 3 is 2.41 bits per heavy atom. The van der Waals surface area contributed by atoms with Gasteiger partial charge in [-0.1, -0.05) is 0 Å². The average molecular weight is 412 g/mol. The van der Waals surface area contributed by atoms with Crippen LogP contribution in [0.2, 0.25) is 0 Å². The number of carbonyl (C=O) groups excluding carboxylic acids is 2. The summed E-state index contributed by atoms with van der Waals surface area (Å²) in [7, 11) is 3.36. The number of aromatic nitrogens is 2. The fourth-order valence-corrected chi connectivity index (χ4v) is 3.34. The van der Waals surface area contributed by atoms with Gasteiger partial charge in [-0.2, -0.15) is 0 Å². The number of anilines is 1. The molecule has 0 aliphatic heterocycles. The number of fused-ring (bicyclic) bond motifs is 1. The molecule has 0 bridgehead atoms. The molecule has 3 rings (SSSR count). The Kier molecular flexibility index (Phi) is 5.88. The monoisotopic (exact) mass is 412 g/mol. The first-order valence-corrected chi connectivity index (χ1v) is 9.69. The van der Waals surface area contributed by atoms with Crippen LogP contribution in [0.4, 0.5) is 10.5 Å². The molecule has 0 spiro atoms. The van der Waals surface area contributed by atoms with E-state index in [1.807, 2.05) is 0 Å². The summed E-state index contributed by atoms with van der Waals surface area (Å²) in [6, 6.07) is 11.4. The maximum atomic E-state index is 12.6. The predicted molar refractivity (Wildman–Crippen MR) is 114 cm³/mol. The summed E-state index contributed by atoms with van der Waals surface area (Å²) in [5.74, 6) is -0.378. The standard InChI is InChI=1S/C20H20N4O4S/c1-4-24-18(26)15-10-5-12(11-16(15)22-19(24)27)17(25)21-13-6-8-14(9-7-13)29-20(28)23(2)3/h5-11H,4H2,1-3H3,(H,21,25)(H,22,27). The van der Waals surface area contributed by atoms with E-state index in [-0.39, 0.29) is 17.7 Å². The lowest BCUT2D eigenvalue weighted by molar-refractivity contribution is 0.102. The molecule has 0 atom stereocenters. The van der Waals surface area contributed by atoms with Crippen molar-refractivity contribution in [2.45, 2.75) is 18.4 Å². The Balaban J connectivity index is 1.80. The summed E-state index contributed by atoms with van der Waals surface area (Å²) in [5.41, 5.74) is 0.280. The number of nitrogens with one attached hydrogen (secondary N) is 2. The third-order valence-corrected chi connectivity index (χ3v) is 5.29. The number of aromatic amines is 1. The lowest BCUT2D eigenvalue weighted by atomic mass is 10.1. The maximum absolute atomic E-state index is 12.6. The van der Waals surface area contributed by atoms with Gasteiger partial charge in [0.05, 0.1) is 10.9 Å². The highest BCUT2D eigenvalue weighted by Gasteiger charge is 2.12. The van der Waals surface area contributed by atoms with E-state index in [9.17, 15) is 19.2 Å². The summed E-state index contributed by atoms with van der Waals surface area (Å²) in [6.07, 6.45) is 0. The Morgan fingerprint density at radius 2 is 1.79 bits per heavy atom. The zero-order valence-electron chi connectivity index (χ0n) is 16.2. The van der Waals surface area contributed by atoms with Crippen LogP contribution in [0.5, 0.6) is 0 Å². The van der Waals surface area contributed by atoms with E-state index in [0.29, 0.717) is 22.2 Å². The van der Waals surface area contributed by atoms with E-state index in [1.165, 1.54) is 23.1 Å². The highest BCUT2D eigenvalue weighted by atomic mass is 32.2. The van der Waals surface area contributed by atoms with Crippen molar-refractivity contribution in [3.8, 4) is 0 Å². The molecule has 0 aliphatic rings. The van der Waals surface area contributed by atoms with E-state index in [4.69, 9.17) is 0 Å². The summed E-state index contributed by atoms with van der Waals surface area (Å²) in [6.45, 7) is 1.98. The molecule has 29 heavy (non-hydrogen) atoms. The van der Waals surface area contributed by atoms with Gasteiger partial charge in [0, 0.05) is 36.8 Å². The van der Waals surface area contributed by atoms with Crippen LogP contribution in [0.15, 0.2) is 56.9 Å². The minimum atomic E-state index is -0.511. The number of carbonyl (C=O) groups is 2. The number of amides is 2. The highest BCUT2D eigenvalue weighted by Crippen LogP contribution is 2.22. The minimum absolute atomic E-state index is 0.0888. The molecule has 9 heteroatoms. The number of thioether (sulfide) groups is 1. The van der Waals surface area contributed by atoms with Gasteiger partial charge in [0.25, 0.3) is 16.7 Å². The summed E-state index contributed by atoms with van der Waals surface area (Å²) in [4.78, 5) is 53.5. The number of benzene rings is 2. The zero-order chi connectivity index (χ0) is 21.1. The van der Waals surface area contributed by atoms with Gasteiger partial charge in [0.15, 0.2) is 0 Å². The SMILES string of the molecule is CCn1c(=O)[nH]c2cc(C(=O)Nc3ccc(SC(=O)N(C)C)cc3)ccc2c1=O. The number of hydrogen-bond donors (Lipinski definition) is 2. The molecule has 1 heterocycles. The lowest BCUT2D eigenvalue weighted by Gasteiger charge is -2.10. The van der Waals surface area contributed by atoms with Gasteiger partial charge in [0.1, 0.15) is 0 Å². The van der Waals surface area contributed by atoms with Gasteiger partial charge in [-0.05, 0) is 61.2 Å². The molecular weight excluding hydrogens is 392 g/mol. The van der Waals surface area contributed by atoms with Gasteiger partial charge in [-0.25, -0.2) is 4.79 Å². The second kappa shape index (κ2) is 8.36. The molecule has 0 unspecified atom stereocenters. The van der Waals surface area contributed by atoms with Crippen molar-refractivity contribution < 1.29 is 9.59 Å². The molecule has 3 aromatic rings. The highest BCUT2D eigenvalue weighted by molar-refractivity contribution is 8.13. The van der Waals surface area contributed by atoms with Crippen molar-refractivity contribution in [3.05, 3.63) is 68.9 Å². The van der Waals surface area contributed by atoms with Gasteiger partial charge in [-0.3, -0.25) is 19.0 Å². The fraction of sp³-hybridized carbons (Fsp3) is 0.200. The molecule has 8 nitrogen and oxygen atoms in total. The van der Waals surface area contributed by atoms with E-state index in [2.05, 4.69) is 10.3 Å². The molecule has 0 saturated heterocycles. The Labute approximate surface area is 170 Å². The maximum Gasteiger partial charge on any atom is 0.328 e. The van der Waals surface area contributed by atoms with Crippen LogP contribution in [-0.4, -0.2) is 39.7 Å². The molecule has 150 valence electrons. The van der Waals surface area contributed by atoms with Gasteiger partial charge in [-0.15, -0.1) is 0 Å². The second-order valence-electron chi connectivity index (χ2n) is 6.48.